The van der Waals surface area contributed by atoms with Crippen molar-refractivity contribution in [1.29, 1.82) is 0 Å². The Balaban J connectivity index is 1.98. The third kappa shape index (κ3) is 3.21. The van der Waals surface area contributed by atoms with Crippen LogP contribution in [-0.2, 0) is 10.2 Å². The summed E-state index contributed by atoms with van der Waals surface area (Å²) >= 11 is 0. The van der Waals surface area contributed by atoms with Crippen molar-refractivity contribution in [2.24, 2.45) is 0 Å². The largest absolute Gasteiger partial charge is 0.393 e. The predicted molar refractivity (Wildman–Crippen MR) is 80.6 cm³/mol. The van der Waals surface area contributed by atoms with Crippen molar-refractivity contribution in [3.8, 4) is 0 Å². The summed E-state index contributed by atoms with van der Waals surface area (Å²) in [4.78, 5) is 12.5. The predicted octanol–water partition coefficient (Wildman–Crippen LogP) is 2.69. The molecule has 2 rings (SSSR count). The van der Waals surface area contributed by atoms with Gasteiger partial charge >= 0.3 is 0 Å². The first-order valence-corrected chi connectivity index (χ1v) is 7.58. The van der Waals surface area contributed by atoms with Gasteiger partial charge in [-0.05, 0) is 45.1 Å². The van der Waals surface area contributed by atoms with Gasteiger partial charge in [-0.25, -0.2) is 0 Å². The second-order valence-corrected chi connectivity index (χ2v) is 6.05. The maximum absolute atomic E-state index is 12.5. The standard InChI is InChI=1S/C17H25NO2/c1-13-6-3-8-15(12-13)17(9-5-10-17)16(20)18-11-4-7-14(2)19/h3,6,8,12,14,19H,4-5,7,9-11H2,1-2H3,(H,18,20). The van der Waals surface area contributed by atoms with Gasteiger partial charge in [-0.3, -0.25) is 4.79 Å². The normalized spacial score (nSPS) is 18.1. The molecule has 1 aliphatic rings. The lowest BCUT2D eigenvalue weighted by Crippen LogP contribution is -2.49. The van der Waals surface area contributed by atoms with Gasteiger partial charge in [0.15, 0.2) is 0 Å². The first kappa shape index (κ1) is 15.0. The van der Waals surface area contributed by atoms with Crippen molar-refractivity contribution in [3.63, 3.8) is 0 Å². The van der Waals surface area contributed by atoms with Crippen LogP contribution in [-0.4, -0.2) is 23.7 Å². The molecular weight excluding hydrogens is 250 g/mol. The SMILES string of the molecule is Cc1cccc(C2(C(=O)NCCCC(C)O)CCC2)c1. The molecule has 0 bridgehead atoms. The molecular formula is C17H25NO2. The van der Waals surface area contributed by atoms with Crippen LogP contribution in [0.25, 0.3) is 0 Å². The fourth-order valence-corrected chi connectivity index (χ4v) is 2.89. The molecule has 0 saturated heterocycles. The first-order chi connectivity index (χ1) is 9.54. The molecule has 1 saturated carbocycles. The molecule has 1 atom stereocenters. The number of hydrogen-bond donors (Lipinski definition) is 2. The van der Waals surface area contributed by atoms with Crippen LogP contribution in [0.4, 0.5) is 0 Å². The third-order valence-corrected chi connectivity index (χ3v) is 4.30. The van der Waals surface area contributed by atoms with Gasteiger partial charge in [0.1, 0.15) is 0 Å². The van der Waals surface area contributed by atoms with Crippen molar-refractivity contribution in [1.82, 2.24) is 5.32 Å². The Morgan fingerprint density at radius 2 is 2.20 bits per heavy atom. The zero-order valence-corrected chi connectivity index (χ0v) is 12.5. The van der Waals surface area contributed by atoms with Gasteiger partial charge in [0.25, 0.3) is 0 Å². The minimum atomic E-state index is -0.309. The second kappa shape index (κ2) is 6.40. The number of aliphatic hydroxyl groups is 1. The molecule has 1 unspecified atom stereocenters. The highest BCUT2D eigenvalue weighted by Gasteiger charge is 2.45. The Bertz CT molecular complexity index is 464. The zero-order valence-electron chi connectivity index (χ0n) is 12.5. The second-order valence-electron chi connectivity index (χ2n) is 6.05. The number of benzene rings is 1. The molecule has 3 heteroatoms. The Morgan fingerprint density at radius 1 is 1.45 bits per heavy atom. The summed E-state index contributed by atoms with van der Waals surface area (Å²) in [7, 11) is 0. The number of carbonyl (C=O) groups excluding carboxylic acids is 1. The highest BCUT2D eigenvalue weighted by Crippen LogP contribution is 2.44. The van der Waals surface area contributed by atoms with E-state index in [9.17, 15) is 9.90 Å². The summed E-state index contributed by atoms with van der Waals surface area (Å²) in [5.41, 5.74) is 2.05. The highest BCUT2D eigenvalue weighted by molar-refractivity contribution is 5.89. The topological polar surface area (TPSA) is 49.3 Å². The van der Waals surface area contributed by atoms with Crippen molar-refractivity contribution >= 4 is 5.91 Å². The Labute approximate surface area is 121 Å². The van der Waals surface area contributed by atoms with Gasteiger partial charge in [0.05, 0.1) is 11.5 Å². The quantitative estimate of drug-likeness (QED) is 0.784. The van der Waals surface area contributed by atoms with Crippen LogP contribution in [0.3, 0.4) is 0 Å². The smallest absolute Gasteiger partial charge is 0.230 e. The van der Waals surface area contributed by atoms with E-state index in [1.165, 1.54) is 5.56 Å². The maximum Gasteiger partial charge on any atom is 0.230 e. The molecule has 0 aromatic heterocycles. The van der Waals surface area contributed by atoms with Crippen LogP contribution >= 0.6 is 0 Å². The van der Waals surface area contributed by atoms with Gasteiger partial charge in [-0.2, -0.15) is 0 Å². The lowest BCUT2D eigenvalue weighted by molar-refractivity contribution is -0.129. The van der Waals surface area contributed by atoms with E-state index in [0.717, 1.165) is 37.7 Å². The van der Waals surface area contributed by atoms with Crippen LogP contribution in [0.5, 0.6) is 0 Å². The Morgan fingerprint density at radius 3 is 2.75 bits per heavy atom. The summed E-state index contributed by atoms with van der Waals surface area (Å²) in [5, 5.41) is 12.3. The minimum absolute atomic E-state index is 0.153. The number of nitrogens with one attached hydrogen (secondary N) is 1. The molecule has 1 aromatic rings. The van der Waals surface area contributed by atoms with Gasteiger partial charge in [0.2, 0.25) is 5.91 Å². The molecule has 1 aliphatic carbocycles. The summed E-state index contributed by atoms with van der Waals surface area (Å²) in [6.45, 7) is 4.50. The lowest BCUT2D eigenvalue weighted by Gasteiger charge is -2.41. The minimum Gasteiger partial charge on any atom is -0.393 e. The van der Waals surface area contributed by atoms with E-state index < -0.39 is 0 Å². The van der Waals surface area contributed by atoms with E-state index in [4.69, 9.17) is 0 Å². The summed E-state index contributed by atoms with van der Waals surface area (Å²) < 4.78 is 0. The van der Waals surface area contributed by atoms with E-state index >= 15 is 0 Å². The molecule has 0 heterocycles. The molecule has 3 nitrogen and oxygen atoms in total. The van der Waals surface area contributed by atoms with Crippen LogP contribution in [0.2, 0.25) is 0 Å². The molecule has 1 aromatic carbocycles. The van der Waals surface area contributed by atoms with E-state index in [2.05, 4.69) is 30.4 Å². The first-order valence-electron chi connectivity index (χ1n) is 7.58. The van der Waals surface area contributed by atoms with Crippen LogP contribution in [0.15, 0.2) is 24.3 Å². The molecule has 1 fully saturated rings. The summed E-state index contributed by atoms with van der Waals surface area (Å²) in [6, 6.07) is 8.30. The maximum atomic E-state index is 12.5. The number of rotatable bonds is 6. The van der Waals surface area contributed by atoms with Crippen LogP contribution in [0.1, 0.15) is 50.2 Å². The van der Waals surface area contributed by atoms with Crippen molar-refractivity contribution < 1.29 is 9.90 Å². The van der Waals surface area contributed by atoms with Crippen molar-refractivity contribution in [2.45, 2.75) is 57.5 Å². The summed E-state index contributed by atoms with van der Waals surface area (Å²) in [6.07, 6.45) is 4.28. The number of carbonyl (C=O) groups is 1. The molecule has 1 amide bonds. The molecule has 0 radical (unpaired) electrons. The van der Waals surface area contributed by atoms with E-state index in [1.807, 2.05) is 6.07 Å². The number of aryl methyl sites for hydroxylation is 1. The van der Waals surface area contributed by atoms with Crippen molar-refractivity contribution in [3.05, 3.63) is 35.4 Å². The number of amides is 1. The van der Waals surface area contributed by atoms with Crippen LogP contribution in [0, 0.1) is 6.92 Å². The monoisotopic (exact) mass is 275 g/mol. The third-order valence-electron chi connectivity index (χ3n) is 4.30. The lowest BCUT2D eigenvalue weighted by atomic mass is 9.63. The highest BCUT2D eigenvalue weighted by atomic mass is 16.3. The molecule has 2 N–H and O–H groups in total. The zero-order chi connectivity index (χ0) is 14.6. The number of aliphatic hydroxyl groups excluding tert-OH is 1. The van der Waals surface area contributed by atoms with Gasteiger partial charge < -0.3 is 10.4 Å². The fourth-order valence-electron chi connectivity index (χ4n) is 2.89. The molecule has 0 spiro atoms. The van der Waals surface area contributed by atoms with E-state index in [1.54, 1.807) is 6.92 Å². The van der Waals surface area contributed by atoms with E-state index in [-0.39, 0.29) is 17.4 Å². The Hall–Kier alpha value is -1.35. The van der Waals surface area contributed by atoms with E-state index in [0.29, 0.717) is 6.54 Å². The average molecular weight is 275 g/mol. The van der Waals surface area contributed by atoms with Gasteiger partial charge in [-0.15, -0.1) is 0 Å². The van der Waals surface area contributed by atoms with Gasteiger partial charge in [0, 0.05) is 6.54 Å². The fraction of sp³-hybridized carbons (Fsp3) is 0.588. The summed E-state index contributed by atoms with van der Waals surface area (Å²) in [5.74, 6) is 0.153. The Kier molecular flexibility index (Phi) is 4.81. The van der Waals surface area contributed by atoms with Crippen molar-refractivity contribution in [2.75, 3.05) is 6.54 Å². The average Bonchev–Trinajstić information content (AvgIpc) is 2.33. The molecule has 110 valence electrons. The number of hydrogen-bond acceptors (Lipinski definition) is 2. The molecule has 0 aliphatic heterocycles. The van der Waals surface area contributed by atoms with Crippen LogP contribution < -0.4 is 5.32 Å². The molecule has 20 heavy (non-hydrogen) atoms. The van der Waals surface area contributed by atoms with Gasteiger partial charge in [-0.1, -0.05) is 36.2 Å².